The number of rotatable bonds is 6. The molecule has 1 saturated heterocycles. The third-order valence-corrected chi connectivity index (χ3v) is 5.37. The van der Waals surface area contributed by atoms with Gasteiger partial charge in [0.15, 0.2) is 5.82 Å². The van der Waals surface area contributed by atoms with Crippen molar-refractivity contribution in [3.8, 4) is 0 Å². The van der Waals surface area contributed by atoms with Crippen molar-refractivity contribution in [2.75, 3.05) is 24.6 Å². The van der Waals surface area contributed by atoms with Gasteiger partial charge in [-0.3, -0.25) is 0 Å². The van der Waals surface area contributed by atoms with Gasteiger partial charge in [0.2, 0.25) is 0 Å². The molecule has 4 heteroatoms. The third kappa shape index (κ3) is 4.37. The summed E-state index contributed by atoms with van der Waals surface area (Å²) < 4.78 is 0. The summed E-state index contributed by atoms with van der Waals surface area (Å²) in [6.07, 6.45) is 4.17. The van der Waals surface area contributed by atoms with E-state index in [9.17, 15) is 5.11 Å². The number of aromatic nitrogens is 2. The molecule has 2 aromatic rings. The van der Waals surface area contributed by atoms with Crippen molar-refractivity contribution in [3.05, 3.63) is 53.7 Å². The van der Waals surface area contributed by atoms with Gasteiger partial charge in [-0.25, -0.2) is 0 Å². The molecule has 25 heavy (non-hydrogen) atoms. The van der Waals surface area contributed by atoms with Gasteiger partial charge in [-0.05, 0) is 49.3 Å². The predicted molar refractivity (Wildman–Crippen MR) is 102 cm³/mol. The average Bonchev–Trinajstić information content (AvgIpc) is 2.67. The smallest absolute Gasteiger partial charge is 0.151 e. The molecule has 1 aromatic carbocycles. The molecule has 0 aliphatic carbocycles. The van der Waals surface area contributed by atoms with E-state index < -0.39 is 0 Å². The molecule has 0 amide bonds. The Morgan fingerprint density at radius 1 is 1.12 bits per heavy atom. The van der Waals surface area contributed by atoms with Crippen LogP contribution >= 0.6 is 0 Å². The molecular formula is C21H29N3O. The number of aliphatic hydroxyl groups is 1. The van der Waals surface area contributed by atoms with Crippen molar-refractivity contribution in [2.24, 2.45) is 5.41 Å². The lowest BCUT2D eigenvalue weighted by Gasteiger charge is -2.42. The SMILES string of the molecule is CC(C)c1ccc(N2CCC[C@@](CO)(CCc3ccccc3)C2)nn1. The maximum Gasteiger partial charge on any atom is 0.151 e. The third-order valence-electron chi connectivity index (χ3n) is 5.37. The highest BCUT2D eigenvalue weighted by molar-refractivity contribution is 5.39. The number of nitrogens with zero attached hydrogens (tertiary/aromatic N) is 3. The first-order valence-electron chi connectivity index (χ1n) is 9.35. The number of benzene rings is 1. The van der Waals surface area contributed by atoms with Gasteiger partial charge in [-0.2, -0.15) is 5.10 Å². The Balaban J connectivity index is 1.69. The Morgan fingerprint density at radius 2 is 1.92 bits per heavy atom. The molecule has 1 aromatic heterocycles. The molecule has 0 unspecified atom stereocenters. The second kappa shape index (κ2) is 7.96. The predicted octanol–water partition coefficient (Wildman–Crippen LogP) is 3.81. The van der Waals surface area contributed by atoms with E-state index in [1.807, 2.05) is 6.07 Å². The highest BCUT2D eigenvalue weighted by Crippen LogP contribution is 2.35. The summed E-state index contributed by atoms with van der Waals surface area (Å²) in [4.78, 5) is 2.29. The zero-order valence-electron chi connectivity index (χ0n) is 15.4. The lowest BCUT2D eigenvalue weighted by molar-refractivity contribution is 0.0962. The molecular weight excluding hydrogens is 310 g/mol. The summed E-state index contributed by atoms with van der Waals surface area (Å²) in [7, 11) is 0. The van der Waals surface area contributed by atoms with Gasteiger partial charge in [-0.15, -0.1) is 5.10 Å². The van der Waals surface area contributed by atoms with Crippen LogP contribution in [0.25, 0.3) is 0 Å². The van der Waals surface area contributed by atoms with Gasteiger partial charge < -0.3 is 10.0 Å². The van der Waals surface area contributed by atoms with Crippen LogP contribution in [0.1, 0.15) is 50.3 Å². The molecule has 0 radical (unpaired) electrons. The highest BCUT2D eigenvalue weighted by Gasteiger charge is 2.35. The topological polar surface area (TPSA) is 49.2 Å². The van der Waals surface area contributed by atoms with Crippen molar-refractivity contribution >= 4 is 5.82 Å². The quantitative estimate of drug-likeness (QED) is 0.869. The number of aliphatic hydroxyl groups excluding tert-OH is 1. The summed E-state index contributed by atoms with van der Waals surface area (Å²) in [5.74, 6) is 1.33. The van der Waals surface area contributed by atoms with Gasteiger partial charge in [0, 0.05) is 18.5 Å². The molecule has 1 atom stereocenters. The van der Waals surface area contributed by atoms with Crippen LogP contribution in [-0.2, 0) is 6.42 Å². The minimum atomic E-state index is -0.0491. The molecule has 1 N–H and O–H groups in total. The summed E-state index contributed by atoms with van der Waals surface area (Å²) in [5.41, 5.74) is 2.32. The van der Waals surface area contributed by atoms with Gasteiger partial charge in [-0.1, -0.05) is 44.2 Å². The van der Waals surface area contributed by atoms with E-state index in [1.54, 1.807) is 0 Å². The van der Waals surface area contributed by atoms with Crippen LogP contribution in [0.3, 0.4) is 0 Å². The Bertz CT molecular complexity index is 657. The van der Waals surface area contributed by atoms with Crippen LogP contribution in [0, 0.1) is 5.41 Å². The standard InChI is InChI=1S/C21H29N3O/c1-17(2)19-9-10-20(23-22-19)24-14-6-12-21(15-24,16-25)13-11-18-7-4-3-5-8-18/h3-5,7-10,17,25H,6,11-16H2,1-2H3/t21-/m1/s1. The van der Waals surface area contributed by atoms with Crippen molar-refractivity contribution in [2.45, 2.75) is 45.4 Å². The molecule has 0 spiro atoms. The van der Waals surface area contributed by atoms with Gasteiger partial charge in [0.05, 0.1) is 12.3 Å². The molecule has 134 valence electrons. The Morgan fingerprint density at radius 3 is 2.56 bits per heavy atom. The van der Waals surface area contributed by atoms with E-state index in [1.165, 1.54) is 5.56 Å². The van der Waals surface area contributed by atoms with Crippen LogP contribution in [0.4, 0.5) is 5.82 Å². The first kappa shape index (κ1) is 17.9. The van der Waals surface area contributed by atoms with Crippen molar-refractivity contribution in [3.63, 3.8) is 0 Å². The number of piperidine rings is 1. The average molecular weight is 339 g/mol. The summed E-state index contributed by atoms with van der Waals surface area (Å²) in [5, 5.41) is 18.9. The van der Waals surface area contributed by atoms with E-state index in [4.69, 9.17) is 0 Å². The zero-order valence-corrected chi connectivity index (χ0v) is 15.4. The van der Waals surface area contributed by atoms with Crippen molar-refractivity contribution in [1.82, 2.24) is 10.2 Å². The van der Waals surface area contributed by atoms with E-state index in [-0.39, 0.29) is 12.0 Å². The number of hydrogen-bond donors (Lipinski definition) is 1. The normalized spacial score (nSPS) is 20.9. The molecule has 0 bridgehead atoms. The maximum absolute atomic E-state index is 10.1. The molecule has 3 rings (SSSR count). The lowest BCUT2D eigenvalue weighted by Crippen LogP contribution is -2.46. The second-order valence-corrected chi connectivity index (χ2v) is 7.64. The molecule has 0 saturated carbocycles. The zero-order chi connectivity index (χ0) is 17.7. The van der Waals surface area contributed by atoms with Crippen molar-refractivity contribution < 1.29 is 5.11 Å². The Hall–Kier alpha value is -1.94. The molecule has 1 aliphatic rings. The lowest BCUT2D eigenvalue weighted by atomic mass is 9.76. The second-order valence-electron chi connectivity index (χ2n) is 7.64. The Kier molecular flexibility index (Phi) is 5.69. The van der Waals surface area contributed by atoms with Crippen LogP contribution in [-0.4, -0.2) is 35.0 Å². The van der Waals surface area contributed by atoms with Crippen LogP contribution in [0.15, 0.2) is 42.5 Å². The Labute approximate surface area is 150 Å². The van der Waals surface area contributed by atoms with Crippen LogP contribution in [0.5, 0.6) is 0 Å². The molecule has 4 nitrogen and oxygen atoms in total. The largest absolute Gasteiger partial charge is 0.396 e. The number of hydrogen-bond acceptors (Lipinski definition) is 4. The van der Waals surface area contributed by atoms with Gasteiger partial charge in [0.1, 0.15) is 0 Å². The van der Waals surface area contributed by atoms with Gasteiger partial charge in [0.25, 0.3) is 0 Å². The van der Waals surface area contributed by atoms with Gasteiger partial charge >= 0.3 is 0 Å². The van der Waals surface area contributed by atoms with E-state index in [2.05, 4.69) is 65.3 Å². The fraction of sp³-hybridized carbons (Fsp3) is 0.524. The fourth-order valence-corrected chi connectivity index (χ4v) is 3.68. The minimum Gasteiger partial charge on any atom is -0.396 e. The summed E-state index contributed by atoms with van der Waals surface area (Å²) in [6.45, 7) is 6.33. The first-order chi connectivity index (χ1) is 12.1. The molecule has 1 aliphatic heterocycles. The maximum atomic E-state index is 10.1. The molecule has 1 fully saturated rings. The van der Waals surface area contributed by atoms with Crippen LogP contribution in [0.2, 0.25) is 0 Å². The van der Waals surface area contributed by atoms with E-state index in [0.29, 0.717) is 5.92 Å². The number of aryl methyl sites for hydroxylation is 1. The number of anilines is 1. The highest BCUT2D eigenvalue weighted by atomic mass is 16.3. The fourth-order valence-electron chi connectivity index (χ4n) is 3.68. The monoisotopic (exact) mass is 339 g/mol. The first-order valence-corrected chi connectivity index (χ1v) is 9.35. The molecule has 2 heterocycles. The van der Waals surface area contributed by atoms with Crippen LogP contribution < -0.4 is 4.90 Å². The van der Waals surface area contributed by atoms with E-state index in [0.717, 1.165) is 50.3 Å². The van der Waals surface area contributed by atoms with Crippen molar-refractivity contribution in [1.29, 1.82) is 0 Å². The minimum absolute atomic E-state index is 0.0491. The van der Waals surface area contributed by atoms with E-state index >= 15 is 0 Å². The summed E-state index contributed by atoms with van der Waals surface area (Å²) >= 11 is 0. The summed E-state index contributed by atoms with van der Waals surface area (Å²) in [6, 6.07) is 14.7.